The number of likely N-dealkylation sites (tertiary alicyclic amines) is 1. The van der Waals surface area contributed by atoms with Crippen LogP contribution in [-0.4, -0.2) is 54.4 Å². The van der Waals surface area contributed by atoms with Gasteiger partial charge in [-0.1, -0.05) is 5.21 Å². The molecule has 4 rings (SSSR count). The third kappa shape index (κ3) is 4.41. The zero-order valence-corrected chi connectivity index (χ0v) is 17.5. The van der Waals surface area contributed by atoms with Crippen LogP contribution in [0.2, 0.25) is 0 Å². The number of pyridine rings is 2. The fourth-order valence-corrected chi connectivity index (χ4v) is 3.82. The van der Waals surface area contributed by atoms with Gasteiger partial charge in [-0.05, 0) is 51.0 Å². The molecule has 4 heterocycles. The number of anilines is 1. The van der Waals surface area contributed by atoms with Gasteiger partial charge in [0, 0.05) is 30.5 Å². The van der Waals surface area contributed by atoms with E-state index >= 15 is 0 Å². The van der Waals surface area contributed by atoms with Crippen LogP contribution < -0.4 is 5.32 Å². The average Bonchev–Trinajstić information content (AvgIpc) is 3.29. The van der Waals surface area contributed by atoms with Crippen LogP contribution in [0.5, 0.6) is 0 Å². The van der Waals surface area contributed by atoms with Crippen molar-refractivity contribution in [1.29, 1.82) is 0 Å². The second-order valence-corrected chi connectivity index (χ2v) is 7.73. The van der Waals surface area contributed by atoms with E-state index < -0.39 is 11.7 Å². The van der Waals surface area contributed by atoms with Gasteiger partial charge in [0.05, 0.1) is 23.5 Å². The highest BCUT2D eigenvalue weighted by Gasteiger charge is 2.34. The Bertz CT molecular complexity index is 1080. The van der Waals surface area contributed by atoms with Gasteiger partial charge in [-0.25, -0.2) is 14.6 Å². The summed E-state index contributed by atoms with van der Waals surface area (Å²) < 4.78 is 39.8. The molecule has 2 atom stereocenters. The van der Waals surface area contributed by atoms with Crippen LogP contribution >= 0.6 is 0 Å². The number of piperidine rings is 1. The SMILES string of the molecule is Cc1ccc(C(=O)N2CCC[C@@H](Nc3ccc(C(F)(F)F)cn3)[C@@H]2C)c(-n2ccnn2)n1. The molecule has 1 N–H and O–H groups in total. The number of halogens is 3. The lowest BCUT2D eigenvalue weighted by atomic mass is 9.96. The Morgan fingerprint density at radius 3 is 2.69 bits per heavy atom. The lowest BCUT2D eigenvalue weighted by molar-refractivity contribution is -0.137. The molecule has 1 amide bonds. The summed E-state index contributed by atoms with van der Waals surface area (Å²) in [6.45, 7) is 4.30. The first-order chi connectivity index (χ1) is 15.2. The summed E-state index contributed by atoms with van der Waals surface area (Å²) in [4.78, 5) is 23.6. The summed E-state index contributed by atoms with van der Waals surface area (Å²) in [5.41, 5.74) is 0.344. The summed E-state index contributed by atoms with van der Waals surface area (Å²) in [7, 11) is 0. The Hall–Kier alpha value is -3.50. The van der Waals surface area contributed by atoms with Gasteiger partial charge in [-0.2, -0.15) is 13.2 Å². The van der Waals surface area contributed by atoms with Crippen molar-refractivity contribution in [2.45, 2.75) is 44.9 Å². The van der Waals surface area contributed by atoms with Crippen LogP contribution in [-0.2, 0) is 6.18 Å². The number of amides is 1. The maximum Gasteiger partial charge on any atom is 0.417 e. The van der Waals surface area contributed by atoms with Gasteiger partial charge in [0.25, 0.3) is 5.91 Å². The summed E-state index contributed by atoms with van der Waals surface area (Å²) in [6, 6.07) is 5.42. The first-order valence-corrected chi connectivity index (χ1v) is 10.2. The van der Waals surface area contributed by atoms with Gasteiger partial charge in [0.2, 0.25) is 0 Å². The van der Waals surface area contributed by atoms with Crippen molar-refractivity contribution in [1.82, 2.24) is 29.9 Å². The van der Waals surface area contributed by atoms with E-state index in [1.54, 1.807) is 23.2 Å². The molecule has 11 heteroatoms. The molecule has 1 saturated heterocycles. The first kappa shape index (κ1) is 21.7. The summed E-state index contributed by atoms with van der Waals surface area (Å²) in [5.74, 6) is 0.547. The van der Waals surface area contributed by atoms with Crippen molar-refractivity contribution in [2.24, 2.45) is 0 Å². The molecule has 0 spiro atoms. The fourth-order valence-electron chi connectivity index (χ4n) is 3.82. The minimum atomic E-state index is -4.43. The lowest BCUT2D eigenvalue weighted by Crippen LogP contribution is -2.52. The number of nitrogens with zero attached hydrogens (tertiary/aromatic N) is 6. The predicted molar refractivity (Wildman–Crippen MR) is 110 cm³/mol. The van der Waals surface area contributed by atoms with Gasteiger partial charge in [-0.3, -0.25) is 4.79 Å². The number of alkyl halides is 3. The largest absolute Gasteiger partial charge is 0.417 e. The topological polar surface area (TPSA) is 88.8 Å². The average molecular weight is 445 g/mol. The highest BCUT2D eigenvalue weighted by Crippen LogP contribution is 2.30. The second-order valence-electron chi connectivity index (χ2n) is 7.73. The van der Waals surface area contributed by atoms with Gasteiger partial charge in [-0.15, -0.1) is 5.10 Å². The van der Waals surface area contributed by atoms with E-state index in [9.17, 15) is 18.0 Å². The van der Waals surface area contributed by atoms with Crippen LogP contribution in [0, 0.1) is 6.92 Å². The number of carbonyl (C=O) groups excluding carboxylic acids is 1. The highest BCUT2D eigenvalue weighted by molar-refractivity contribution is 5.97. The number of carbonyl (C=O) groups is 1. The third-order valence-corrected chi connectivity index (χ3v) is 5.56. The molecule has 0 aromatic carbocycles. The Morgan fingerprint density at radius 1 is 1.22 bits per heavy atom. The zero-order valence-electron chi connectivity index (χ0n) is 17.5. The lowest BCUT2D eigenvalue weighted by Gasteiger charge is -2.40. The maximum absolute atomic E-state index is 13.4. The molecule has 0 unspecified atom stereocenters. The van der Waals surface area contributed by atoms with E-state index in [2.05, 4.69) is 25.6 Å². The Balaban J connectivity index is 1.54. The van der Waals surface area contributed by atoms with Gasteiger partial charge in [0.1, 0.15) is 5.82 Å². The van der Waals surface area contributed by atoms with E-state index in [1.165, 1.54) is 16.9 Å². The summed E-state index contributed by atoms with van der Waals surface area (Å²) in [6.07, 6.45) is 1.01. The molecule has 8 nitrogen and oxygen atoms in total. The number of rotatable bonds is 4. The summed E-state index contributed by atoms with van der Waals surface area (Å²) >= 11 is 0. The van der Waals surface area contributed by atoms with Crippen LogP contribution in [0.1, 0.15) is 41.4 Å². The fraction of sp³-hybridized carbons (Fsp3) is 0.381. The molecule has 168 valence electrons. The Labute approximate surface area is 182 Å². The van der Waals surface area contributed by atoms with E-state index in [-0.39, 0.29) is 18.0 Å². The molecular weight excluding hydrogens is 423 g/mol. The zero-order chi connectivity index (χ0) is 22.9. The van der Waals surface area contributed by atoms with Gasteiger partial charge in [0.15, 0.2) is 5.82 Å². The molecule has 0 aliphatic carbocycles. The minimum absolute atomic E-state index is 0.162. The number of aryl methyl sites for hydroxylation is 1. The number of aromatic nitrogens is 5. The smallest absolute Gasteiger partial charge is 0.365 e. The van der Waals surface area contributed by atoms with Crippen LogP contribution in [0.25, 0.3) is 5.82 Å². The van der Waals surface area contributed by atoms with E-state index in [0.29, 0.717) is 23.7 Å². The summed E-state index contributed by atoms with van der Waals surface area (Å²) in [5, 5.41) is 10.9. The van der Waals surface area contributed by atoms with Gasteiger partial charge >= 0.3 is 6.18 Å². The Kier molecular flexibility index (Phi) is 5.81. The van der Waals surface area contributed by atoms with Crippen molar-refractivity contribution >= 4 is 11.7 Å². The van der Waals surface area contributed by atoms with Crippen LogP contribution in [0.4, 0.5) is 19.0 Å². The maximum atomic E-state index is 13.4. The van der Waals surface area contributed by atoms with Crippen molar-refractivity contribution in [3.05, 3.63) is 59.7 Å². The molecule has 1 fully saturated rings. The monoisotopic (exact) mass is 445 g/mol. The number of hydrogen-bond donors (Lipinski definition) is 1. The molecule has 1 aliphatic heterocycles. The van der Waals surface area contributed by atoms with Crippen molar-refractivity contribution in [3.63, 3.8) is 0 Å². The number of nitrogens with one attached hydrogen (secondary N) is 1. The van der Waals surface area contributed by atoms with Gasteiger partial charge < -0.3 is 10.2 Å². The molecule has 0 saturated carbocycles. The highest BCUT2D eigenvalue weighted by atomic mass is 19.4. The molecule has 3 aromatic rings. The van der Waals surface area contributed by atoms with Crippen LogP contribution in [0.3, 0.4) is 0 Å². The quantitative estimate of drug-likeness (QED) is 0.662. The van der Waals surface area contributed by atoms with E-state index in [1.807, 2.05) is 13.8 Å². The molecular formula is C21H22F3N7O. The van der Waals surface area contributed by atoms with Crippen molar-refractivity contribution in [2.75, 3.05) is 11.9 Å². The van der Waals surface area contributed by atoms with Crippen molar-refractivity contribution < 1.29 is 18.0 Å². The molecule has 3 aromatic heterocycles. The Morgan fingerprint density at radius 2 is 2.03 bits per heavy atom. The van der Waals surface area contributed by atoms with Crippen LogP contribution in [0.15, 0.2) is 42.9 Å². The first-order valence-electron chi connectivity index (χ1n) is 10.2. The van der Waals surface area contributed by atoms with E-state index in [4.69, 9.17) is 0 Å². The number of hydrogen-bond acceptors (Lipinski definition) is 6. The molecule has 0 bridgehead atoms. The van der Waals surface area contributed by atoms with E-state index in [0.717, 1.165) is 30.8 Å². The van der Waals surface area contributed by atoms with Crippen molar-refractivity contribution in [3.8, 4) is 5.82 Å². The predicted octanol–water partition coefficient (Wildman–Crippen LogP) is 3.49. The molecule has 0 radical (unpaired) electrons. The third-order valence-electron chi connectivity index (χ3n) is 5.56. The minimum Gasteiger partial charge on any atom is -0.365 e. The normalized spacial score (nSPS) is 19.1. The molecule has 1 aliphatic rings. The molecule has 32 heavy (non-hydrogen) atoms. The second kappa shape index (κ2) is 8.56. The standard InChI is InChI=1S/C21H22F3N7O/c1-13-5-7-16(19(27-13)31-11-9-26-29-31)20(32)30-10-3-4-17(14(30)2)28-18-8-6-15(12-25-18)21(22,23)24/h5-9,11-12,14,17H,3-4,10H2,1-2H3,(H,25,28)/t14-,17+/m0/s1.